The minimum atomic E-state index is -0.792. The van der Waals surface area contributed by atoms with Crippen LogP contribution < -0.4 is 5.32 Å². The van der Waals surface area contributed by atoms with E-state index >= 15 is 0 Å². The van der Waals surface area contributed by atoms with E-state index in [0.717, 1.165) is 11.1 Å². The van der Waals surface area contributed by atoms with Crippen molar-refractivity contribution in [3.8, 4) is 6.07 Å². The maximum absolute atomic E-state index is 10.3. The van der Waals surface area contributed by atoms with Crippen LogP contribution in [-0.2, 0) is 6.54 Å². The largest absolute Gasteiger partial charge is 0.390 e. The molecule has 118 valence electrons. The number of aliphatic hydroxyl groups is 2. The van der Waals surface area contributed by atoms with Gasteiger partial charge in [-0.2, -0.15) is 5.26 Å². The number of nitrogens with one attached hydrogen (secondary N) is 1. The lowest BCUT2D eigenvalue weighted by Gasteiger charge is -2.24. The Morgan fingerprint density at radius 3 is 2.61 bits per heavy atom. The monoisotopic (exact) mass is 308 g/mol. The number of benzene rings is 2. The molecular weight excluding hydrogens is 288 g/mol. The average molecular weight is 308 g/mol. The Kier molecular flexibility index (Phi) is 4.73. The molecule has 1 fully saturated rings. The van der Waals surface area contributed by atoms with Crippen LogP contribution in [0.4, 0.5) is 0 Å². The summed E-state index contributed by atoms with van der Waals surface area (Å²) in [6.07, 6.45) is -0.969. The van der Waals surface area contributed by atoms with Crippen molar-refractivity contribution in [1.82, 2.24) is 5.32 Å². The van der Waals surface area contributed by atoms with Gasteiger partial charge in [0.1, 0.15) is 0 Å². The Balaban J connectivity index is 1.75. The summed E-state index contributed by atoms with van der Waals surface area (Å²) >= 11 is 0. The van der Waals surface area contributed by atoms with Crippen molar-refractivity contribution in [3.63, 3.8) is 0 Å². The normalized spacial score (nSPS) is 26.8. The summed E-state index contributed by atoms with van der Waals surface area (Å²) in [5, 5.41) is 32.7. The van der Waals surface area contributed by atoms with Gasteiger partial charge in [-0.15, -0.1) is 0 Å². The van der Waals surface area contributed by atoms with Crippen molar-refractivity contribution in [2.24, 2.45) is 0 Å². The molecule has 0 unspecified atom stereocenters. The van der Waals surface area contributed by atoms with Crippen LogP contribution >= 0.6 is 0 Å². The lowest BCUT2D eigenvalue weighted by molar-refractivity contribution is 0.0297. The zero-order valence-electron chi connectivity index (χ0n) is 12.8. The van der Waals surface area contributed by atoms with Crippen LogP contribution in [-0.4, -0.2) is 28.5 Å². The Hall–Kier alpha value is -2.19. The Labute approximate surface area is 136 Å². The van der Waals surface area contributed by atoms with E-state index in [-0.39, 0.29) is 12.0 Å². The van der Waals surface area contributed by atoms with Crippen LogP contribution in [0.25, 0.3) is 0 Å². The average Bonchev–Trinajstić information content (AvgIpc) is 2.89. The molecule has 3 rings (SSSR count). The molecule has 4 nitrogen and oxygen atoms in total. The first-order chi connectivity index (χ1) is 11.2. The molecular formula is C19H20N2O2. The van der Waals surface area contributed by atoms with Gasteiger partial charge in [-0.25, -0.2) is 0 Å². The smallest absolute Gasteiger partial charge is 0.0991 e. The molecule has 4 atom stereocenters. The van der Waals surface area contributed by atoms with E-state index in [2.05, 4.69) is 11.4 Å². The number of nitrogens with zero attached hydrogens (tertiary/aromatic N) is 1. The zero-order valence-corrected chi connectivity index (χ0v) is 12.8. The van der Waals surface area contributed by atoms with Gasteiger partial charge in [0.2, 0.25) is 0 Å². The lowest BCUT2D eigenvalue weighted by Crippen LogP contribution is -2.41. The van der Waals surface area contributed by atoms with Gasteiger partial charge in [0.25, 0.3) is 0 Å². The van der Waals surface area contributed by atoms with Crippen molar-refractivity contribution in [1.29, 1.82) is 5.26 Å². The van der Waals surface area contributed by atoms with Crippen LogP contribution in [0.15, 0.2) is 54.6 Å². The highest BCUT2D eigenvalue weighted by atomic mass is 16.3. The van der Waals surface area contributed by atoms with Crippen molar-refractivity contribution < 1.29 is 10.2 Å². The predicted octanol–water partition coefficient (Wildman–Crippen LogP) is 1.93. The summed E-state index contributed by atoms with van der Waals surface area (Å²) in [5.74, 6) is 0.0698. The third-order valence-electron chi connectivity index (χ3n) is 4.52. The summed E-state index contributed by atoms with van der Waals surface area (Å²) in [4.78, 5) is 0. The minimum Gasteiger partial charge on any atom is -0.390 e. The molecule has 2 aromatic carbocycles. The first kappa shape index (κ1) is 15.7. The number of rotatable bonds is 4. The fourth-order valence-corrected chi connectivity index (χ4v) is 3.32. The molecule has 1 saturated carbocycles. The molecule has 0 spiro atoms. The van der Waals surface area contributed by atoms with Crippen LogP contribution in [0.2, 0.25) is 0 Å². The maximum Gasteiger partial charge on any atom is 0.0991 e. The number of hydrogen-bond donors (Lipinski definition) is 3. The molecule has 1 aliphatic carbocycles. The third kappa shape index (κ3) is 3.43. The van der Waals surface area contributed by atoms with E-state index in [9.17, 15) is 10.2 Å². The van der Waals surface area contributed by atoms with E-state index in [4.69, 9.17) is 5.26 Å². The summed E-state index contributed by atoms with van der Waals surface area (Å²) in [5.41, 5.74) is 2.73. The van der Waals surface area contributed by atoms with Crippen molar-refractivity contribution in [3.05, 3.63) is 71.3 Å². The molecule has 0 aromatic heterocycles. The van der Waals surface area contributed by atoms with E-state index < -0.39 is 12.2 Å². The molecule has 0 amide bonds. The summed E-state index contributed by atoms with van der Waals surface area (Å²) in [6, 6.07) is 19.3. The molecule has 0 saturated heterocycles. The molecule has 2 aromatic rings. The van der Waals surface area contributed by atoms with Crippen LogP contribution in [0.1, 0.15) is 29.0 Å². The van der Waals surface area contributed by atoms with Gasteiger partial charge in [-0.05, 0) is 29.7 Å². The third-order valence-corrected chi connectivity index (χ3v) is 4.52. The molecule has 0 aliphatic heterocycles. The molecule has 0 heterocycles. The molecule has 1 aliphatic rings. The quantitative estimate of drug-likeness (QED) is 0.806. The van der Waals surface area contributed by atoms with Crippen molar-refractivity contribution in [2.45, 2.75) is 37.1 Å². The highest BCUT2D eigenvalue weighted by Gasteiger charge is 2.41. The molecule has 4 heteroatoms. The molecule has 3 N–H and O–H groups in total. The van der Waals surface area contributed by atoms with Crippen LogP contribution in [0.3, 0.4) is 0 Å². The first-order valence-corrected chi connectivity index (χ1v) is 7.82. The van der Waals surface area contributed by atoms with E-state index in [1.807, 2.05) is 48.5 Å². The highest BCUT2D eigenvalue weighted by molar-refractivity contribution is 5.33. The number of nitriles is 1. The van der Waals surface area contributed by atoms with Gasteiger partial charge < -0.3 is 15.5 Å². The van der Waals surface area contributed by atoms with Gasteiger partial charge in [-0.1, -0.05) is 42.5 Å². The van der Waals surface area contributed by atoms with E-state index in [0.29, 0.717) is 18.5 Å². The van der Waals surface area contributed by atoms with Crippen LogP contribution in [0, 0.1) is 11.3 Å². The summed E-state index contributed by atoms with van der Waals surface area (Å²) in [6.45, 7) is 0.549. The predicted molar refractivity (Wildman–Crippen MR) is 87.6 cm³/mol. The Morgan fingerprint density at radius 1 is 1.09 bits per heavy atom. The Bertz CT molecular complexity index is 696. The summed E-state index contributed by atoms with van der Waals surface area (Å²) in [7, 11) is 0. The van der Waals surface area contributed by atoms with Gasteiger partial charge in [0.15, 0.2) is 0 Å². The second kappa shape index (κ2) is 6.93. The van der Waals surface area contributed by atoms with Gasteiger partial charge >= 0.3 is 0 Å². The Morgan fingerprint density at radius 2 is 1.87 bits per heavy atom. The van der Waals surface area contributed by atoms with Gasteiger partial charge in [0.05, 0.1) is 23.8 Å². The second-order valence-electron chi connectivity index (χ2n) is 6.03. The fourth-order valence-electron chi connectivity index (χ4n) is 3.32. The second-order valence-corrected chi connectivity index (χ2v) is 6.03. The minimum absolute atomic E-state index is 0.0698. The number of aliphatic hydroxyl groups excluding tert-OH is 2. The topological polar surface area (TPSA) is 76.3 Å². The molecule has 23 heavy (non-hydrogen) atoms. The van der Waals surface area contributed by atoms with Gasteiger partial charge in [0, 0.05) is 18.5 Å². The SMILES string of the molecule is N#Cc1cccc(CN[C@H]2[C@H](O)[C@H](O)C[C@@H]2c2ccccc2)c1. The van der Waals surface area contributed by atoms with Crippen molar-refractivity contribution >= 4 is 0 Å². The standard InChI is InChI=1S/C19H20N2O2/c20-11-13-5-4-6-14(9-13)12-21-18-16(10-17(22)19(18)23)15-7-2-1-3-8-15/h1-9,16-19,21-23H,10,12H2/t16-,17-,18-,19-/m1/s1. The van der Waals surface area contributed by atoms with Crippen LogP contribution in [0.5, 0.6) is 0 Å². The van der Waals surface area contributed by atoms with E-state index in [1.54, 1.807) is 6.07 Å². The lowest BCUT2D eigenvalue weighted by atomic mass is 9.93. The van der Waals surface area contributed by atoms with Crippen molar-refractivity contribution in [2.75, 3.05) is 0 Å². The van der Waals surface area contributed by atoms with Gasteiger partial charge in [-0.3, -0.25) is 0 Å². The first-order valence-electron chi connectivity index (χ1n) is 7.82. The molecule has 0 bridgehead atoms. The van der Waals surface area contributed by atoms with E-state index in [1.165, 1.54) is 0 Å². The summed E-state index contributed by atoms with van der Waals surface area (Å²) < 4.78 is 0. The zero-order chi connectivity index (χ0) is 16.2. The molecule has 0 radical (unpaired) electrons. The number of hydrogen-bond acceptors (Lipinski definition) is 4. The highest BCUT2D eigenvalue weighted by Crippen LogP contribution is 2.35. The maximum atomic E-state index is 10.3. The fraction of sp³-hybridized carbons (Fsp3) is 0.316.